The first kappa shape index (κ1) is 34.2. The lowest BCUT2D eigenvalue weighted by molar-refractivity contribution is -0.903. The van der Waals surface area contributed by atoms with Gasteiger partial charge in [0.1, 0.15) is 24.7 Å². The number of benzene rings is 2. The molecule has 0 bridgehead atoms. The molecule has 0 N–H and O–H groups in total. The minimum atomic E-state index is -4.30. The summed E-state index contributed by atoms with van der Waals surface area (Å²) in [5, 5.41) is 0. The Morgan fingerprint density at radius 3 is 2.02 bits per heavy atom. The molecular weight excluding hydrogens is 592 g/mol. The van der Waals surface area contributed by atoms with Gasteiger partial charge in [0.15, 0.2) is 5.82 Å². The van der Waals surface area contributed by atoms with Crippen molar-refractivity contribution in [1.29, 1.82) is 0 Å². The summed E-state index contributed by atoms with van der Waals surface area (Å²) in [6.07, 6.45) is -0.732. The van der Waals surface area contributed by atoms with Crippen molar-refractivity contribution >= 4 is 34.1 Å². The lowest BCUT2D eigenvalue weighted by Gasteiger charge is -2.30. The normalized spacial score (nSPS) is 11.5. The molecule has 0 fully saturated rings. The third kappa shape index (κ3) is 10.7. The van der Waals surface area contributed by atoms with Crippen molar-refractivity contribution in [3.63, 3.8) is 0 Å². The van der Waals surface area contributed by atoms with Crippen molar-refractivity contribution in [2.24, 2.45) is 0 Å². The summed E-state index contributed by atoms with van der Waals surface area (Å²) in [4.78, 5) is 41.0. The molecule has 0 spiro atoms. The Labute approximate surface area is 257 Å². The predicted molar refractivity (Wildman–Crippen MR) is 162 cm³/mol. The van der Waals surface area contributed by atoms with Gasteiger partial charge in [0.05, 0.1) is 36.3 Å². The van der Waals surface area contributed by atoms with Gasteiger partial charge in [-0.15, -0.1) is 0 Å². The molecule has 1 heterocycles. The minimum Gasteiger partial charge on any atom is -0.748 e. The standard InChI is InChI=1S/C29H38N6O8S/c1-20(36)42-23-12-9-21(10-13-23)19-41-29(37)43-25-14-11-22(18-35(6,7)15-8-16-44(38,39)40)17-24(25)26-30-27(33(2)3)32-28(31-26)34(4)5/h9-14,17H,8,15-16,18-19H2,1-7H3. The first-order chi connectivity index (χ1) is 20.5. The van der Waals surface area contributed by atoms with E-state index < -0.39 is 28.0 Å². The first-order valence-corrected chi connectivity index (χ1v) is 15.2. The van der Waals surface area contributed by atoms with E-state index in [1.54, 1.807) is 80.5 Å². The predicted octanol–water partition coefficient (Wildman–Crippen LogP) is 2.82. The van der Waals surface area contributed by atoms with Crippen LogP contribution in [0.3, 0.4) is 0 Å². The SMILES string of the molecule is CC(=O)Oc1ccc(COC(=O)Oc2ccc(C[N+](C)(C)CCCS(=O)(=O)[O-])cc2-c2nc(N(C)C)nc(N(C)C)n2)cc1. The molecule has 0 unspecified atom stereocenters. The maximum atomic E-state index is 12.8. The van der Waals surface area contributed by atoms with E-state index in [0.717, 1.165) is 5.56 Å². The maximum absolute atomic E-state index is 12.8. The Morgan fingerprint density at radius 1 is 0.886 bits per heavy atom. The van der Waals surface area contributed by atoms with E-state index in [1.807, 2.05) is 14.1 Å². The number of carbonyl (C=O) groups excluding carboxylic acids is 2. The number of esters is 1. The van der Waals surface area contributed by atoms with Gasteiger partial charge in [-0.3, -0.25) is 4.79 Å². The number of carbonyl (C=O) groups is 2. The van der Waals surface area contributed by atoms with E-state index in [2.05, 4.69) is 15.0 Å². The molecule has 0 saturated carbocycles. The van der Waals surface area contributed by atoms with Gasteiger partial charge in [0.25, 0.3) is 0 Å². The van der Waals surface area contributed by atoms with Gasteiger partial charge in [0.2, 0.25) is 11.9 Å². The molecule has 0 atom stereocenters. The summed E-state index contributed by atoms with van der Waals surface area (Å²) in [5.74, 6) is 0.710. The highest BCUT2D eigenvalue weighted by molar-refractivity contribution is 7.85. The number of hydrogen-bond donors (Lipinski definition) is 0. The molecule has 0 aliphatic heterocycles. The third-order valence-corrected chi connectivity index (χ3v) is 6.99. The van der Waals surface area contributed by atoms with Gasteiger partial charge >= 0.3 is 12.1 Å². The molecule has 0 saturated heterocycles. The average molecular weight is 631 g/mol. The van der Waals surface area contributed by atoms with Crippen molar-refractivity contribution in [3.05, 3.63) is 53.6 Å². The largest absolute Gasteiger partial charge is 0.748 e. The van der Waals surface area contributed by atoms with E-state index in [1.165, 1.54) is 6.92 Å². The molecule has 1 aromatic heterocycles. The van der Waals surface area contributed by atoms with Crippen LogP contribution in [0.25, 0.3) is 11.4 Å². The van der Waals surface area contributed by atoms with Gasteiger partial charge in [-0.1, -0.05) is 12.1 Å². The fourth-order valence-electron chi connectivity index (χ4n) is 4.14. The summed E-state index contributed by atoms with van der Waals surface area (Å²) in [5.41, 5.74) is 1.91. The molecule has 0 aliphatic rings. The second-order valence-corrected chi connectivity index (χ2v) is 12.7. The Bertz CT molecular complexity index is 1550. The molecule has 3 aromatic rings. The van der Waals surface area contributed by atoms with Crippen molar-refractivity contribution < 1.29 is 41.3 Å². The molecule has 44 heavy (non-hydrogen) atoms. The minimum absolute atomic E-state index is 0.0847. The molecular formula is C29H38N6O8S. The molecule has 2 aromatic carbocycles. The van der Waals surface area contributed by atoms with Crippen LogP contribution in [0, 0.1) is 0 Å². The average Bonchev–Trinajstić information content (AvgIpc) is 2.91. The molecule has 0 amide bonds. The van der Waals surface area contributed by atoms with Crippen LogP contribution in [-0.4, -0.2) is 99.1 Å². The second kappa shape index (κ2) is 14.4. The quantitative estimate of drug-likeness (QED) is 0.0891. The van der Waals surface area contributed by atoms with Crippen LogP contribution in [0.4, 0.5) is 16.7 Å². The van der Waals surface area contributed by atoms with Crippen molar-refractivity contribution in [3.8, 4) is 22.9 Å². The van der Waals surface area contributed by atoms with Gasteiger partial charge in [-0.05, 0) is 35.9 Å². The van der Waals surface area contributed by atoms with Crippen LogP contribution in [0.15, 0.2) is 42.5 Å². The number of rotatable bonds is 13. The van der Waals surface area contributed by atoms with E-state index in [4.69, 9.17) is 14.2 Å². The highest BCUT2D eigenvalue weighted by Gasteiger charge is 2.22. The van der Waals surface area contributed by atoms with Crippen LogP contribution in [0.2, 0.25) is 0 Å². The zero-order valence-electron chi connectivity index (χ0n) is 25.9. The summed E-state index contributed by atoms with van der Waals surface area (Å²) in [7, 11) is 6.74. The monoisotopic (exact) mass is 630 g/mol. The van der Waals surface area contributed by atoms with Gasteiger partial charge in [-0.25, -0.2) is 13.2 Å². The van der Waals surface area contributed by atoms with Crippen LogP contribution in [0.5, 0.6) is 11.5 Å². The fourth-order valence-corrected chi connectivity index (χ4v) is 4.62. The molecule has 0 radical (unpaired) electrons. The number of anilines is 2. The zero-order valence-corrected chi connectivity index (χ0v) is 26.8. The van der Waals surface area contributed by atoms with E-state index >= 15 is 0 Å². The lowest BCUT2D eigenvalue weighted by Crippen LogP contribution is -2.40. The molecule has 0 aliphatic carbocycles. The summed E-state index contributed by atoms with van der Waals surface area (Å²) in [6, 6.07) is 11.7. The van der Waals surface area contributed by atoms with Crippen LogP contribution in [0.1, 0.15) is 24.5 Å². The van der Waals surface area contributed by atoms with Crippen LogP contribution in [-0.2, 0) is 32.8 Å². The van der Waals surface area contributed by atoms with E-state index in [-0.39, 0.29) is 24.6 Å². The number of hydrogen-bond acceptors (Lipinski definition) is 13. The smallest absolute Gasteiger partial charge is 0.514 e. The lowest BCUT2D eigenvalue weighted by atomic mass is 10.1. The van der Waals surface area contributed by atoms with E-state index in [9.17, 15) is 22.6 Å². The van der Waals surface area contributed by atoms with Crippen molar-refractivity contribution in [2.45, 2.75) is 26.5 Å². The zero-order chi connectivity index (χ0) is 32.7. The van der Waals surface area contributed by atoms with Gasteiger partial charge < -0.3 is 33.0 Å². The highest BCUT2D eigenvalue weighted by Crippen LogP contribution is 2.32. The van der Waals surface area contributed by atoms with Crippen LogP contribution >= 0.6 is 0 Å². The Balaban J connectivity index is 1.89. The Morgan fingerprint density at radius 2 is 1.48 bits per heavy atom. The Hall–Kier alpha value is -4.34. The topological polar surface area (TPSA) is 164 Å². The summed E-state index contributed by atoms with van der Waals surface area (Å²) in [6.45, 7) is 2.15. The molecule has 15 heteroatoms. The number of ether oxygens (including phenoxy) is 3. The van der Waals surface area contributed by atoms with Crippen molar-refractivity contribution in [1.82, 2.24) is 15.0 Å². The van der Waals surface area contributed by atoms with Gasteiger partial charge in [0, 0.05) is 52.9 Å². The second-order valence-electron chi connectivity index (χ2n) is 11.2. The summed E-state index contributed by atoms with van der Waals surface area (Å²) >= 11 is 0. The van der Waals surface area contributed by atoms with Crippen molar-refractivity contribution in [2.75, 3.05) is 64.4 Å². The molecule has 3 rings (SSSR count). The molecule has 238 valence electrons. The number of aromatic nitrogens is 3. The Kier molecular flexibility index (Phi) is 11.2. The summed E-state index contributed by atoms with van der Waals surface area (Å²) < 4.78 is 49.6. The maximum Gasteiger partial charge on any atom is 0.514 e. The van der Waals surface area contributed by atoms with Crippen LogP contribution < -0.4 is 19.3 Å². The number of quaternary nitrogens is 1. The van der Waals surface area contributed by atoms with Gasteiger partial charge in [-0.2, -0.15) is 15.0 Å². The highest BCUT2D eigenvalue weighted by atomic mass is 32.2. The first-order valence-electron chi connectivity index (χ1n) is 13.6. The number of nitrogens with zero attached hydrogens (tertiary/aromatic N) is 6. The molecule has 14 nitrogen and oxygen atoms in total. The fraction of sp³-hybridized carbons (Fsp3) is 0.414. The third-order valence-electron chi connectivity index (χ3n) is 6.20. The van der Waals surface area contributed by atoms with E-state index in [0.29, 0.717) is 46.3 Å².